The van der Waals surface area contributed by atoms with Gasteiger partial charge in [0.2, 0.25) is 6.79 Å². The zero-order valence-electron chi connectivity index (χ0n) is 13.4. The molecule has 0 saturated heterocycles. The Hall–Kier alpha value is -1.18. The molecule has 0 unspecified atom stereocenters. The number of nitrogens with two attached hydrogens (primary N) is 1. The van der Waals surface area contributed by atoms with Crippen LogP contribution in [-0.4, -0.2) is 25.3 Å². The summed E-state index contributed by atoms with van der Waals surface area (Å²) >= 11 is 0. The zero-order valence-corrected chi connectivity index (χ0v) is 15.8. The van der Waals surface area contributed by atoms with E-state index < -0.39 is 0 Å². The van der Waals surface area contributed by atoms with Gasteiger partial charge in [0.05, 0.1) is 0 Å². The third kappa shape index (κ3) is 5.44. The molecule has 0 aromatic heterocycles. The Kier molecular flexibility index (Phi) is 7.26. The van der Waals surface area contributed by atoms with Gasteiger partial charge in [-0.1, -0.05) is 31.7 Å². The molecule has 1 aromatic carbocycles. The average molecular weight is 431 g/mol. The van der Waals surface area contributed by atoms with Crippen molar-refractivity contribution in [1.82, 2.24) is 5.32 Å². The first-order valence-electron chi connectivity index (χ1n) is 8.26. The van der Waals surface area contributed by atoms with Crippen LogP contribution in [0, 0.1) is 0 Å². The molecule has 0 amide bonds. The van der Waals surface area contributed by atoms with Gasteiger partial charge in [-0.15, -0.1) is 24.0 Å². The highest BCUT2D eigenvalue weighted by molar-refractivity contribution is 14.0. The Bertz CT molecular complexity index is 529. The average Bonchev–Trinajstić information content (AvgIpc) is 2.83. The van der Waals surface area contributed by atoms with Crippen LogP contribution in [0.3, 0.4) is 0 Å². The Morgan fingerprint density at radius 2 is 1.87 bits per heavy atom. The van der Waals surface area contributed by atoms with Crippen molar-refractivity contribution in [3.8, 4) is 11.5 Å². The molecule has 3 rings (SSSR count). The van der Waals surface area contributed by atoms with Gasteiger partial charge in [0.15, 0.2) is 17.5 Å². The lowest BCUT2D eigenvalue weighted by molar-refractivity contribution is 0.174. The second-order valence-electron chi connectivity index (χ2n) is 6.04. The molecule has 0 spiro atoms. The Morgan fingerprint density at radius 3 is 2.65 bits per heavy atom. The normalized spacial score (nSPS) is 18.2. The van der Waals surface area contributed by atoms with Crippen molar-refractivity contribution in [2.45, 2.75) is 51.0 Å². The highest BCUT2D eigenvalue weighted by Crippen LogP contribution is 2.32. The topological polar surface area (TPSA) is 68.9 Å². The fourth-order valence-corrected chi connectivity index (χ4v) is 3.08. The predicted octanol–water partition coefficient (Wildman–Crippen LogP) is 3.20. The van der Waals surface area contributed by atoms with Gasteiger partial charge < -0.3 is 20.5 Å². The number of guanidine groups is 1. The minimum absolute atomic E-state index is 0. The molecule has 6 heteroatoms. The third-order valence-electron chi connectivity index (χ3n) is 4.33. The molecule has 1 saturated carbocycles. The maximum Gasteiger partial charge on any atom is 0.231 e. The fourth-order valence-electron chi connectivity index (χ4n) is 3.08. The fraction of sp³-hybridized carbons (Fsp3) is 0.588. The van der Waals surface area contributed by atoms with Gasteiger partial charge in [0, 0.05) is 12.6 Å². The number of halogens is 1. The van der Waals surface area contributed by atoms with Crippen LogP contribution in [0.2, 0.25) is 0 Å². The lowest BCUT2D eigenvalue weighted by Crippen LogP contribution is -2.40. The Morgan fingerprint density at radius 1 is 1.13 bits per heavy atom. The maximum absolute atomic E-state index is 6.00. The minimum atomic E-state index is 0. The lowest BCUT2D eigenvalue weighted by Gasteiger charge is -2.16. The van der Waals surface area contributed by atoms with Crippen molar-refractivity contribution in [2.24, 2.45) is 10.7 Å². The molecule has 1 aliphatic heterocycles. The van der Waals surface area contributed by atoms with E-state index in [1.165, 1.54) is 44.1 Å². The summed E-state index contributed by atoms with van der Waals surface area (Å²) in [5.41, 5.74) is 7.19. The molecular formula is C17H26IN3O2. The van der Waals surface area contributed by atoms with E-state index in [1.807, 2.05) is 12.1 Å². The van der Waals surface area contributed by atoms with Crippen molar-refractivity contribution in [2.75, 3.05) is 13.3 Å². The first-order valence-corrected chi connectivity index (χ1v) is 8.26. The van der Waals surface area contributed by atoms with Crippen molar-refractivity contribution < 1.29 is 9.47 Å². The Balaban J connectivity index is 0.00000192. The van der Waals surface area contributed by atoms with Crippen LogP contribution in [0.25, 0.3) is 0 Å². The standard InChI is InChI=1S/C17H25N3O2.HI/c18-17(20-14-5-3-1-2-4-6-14)19-10-9-13-7-8-15-16(11-13)22-12-21-15;/h7-8,11,14H,1-6,9-10,12H2,(H3,18,19,20);1H. The van der Waals surface area contributed by atoms with Gasteiger partial charge in [0.1, 0.15) is 0 Å². The summed E-state index contributed by atoms with van der Waals surface area (Å²) in [4.78, 5) is 4.45. The molecule has 1 fully saturated rings. The molecule has 5 nitrogen and oxygen atoms in total. The first-order chi connectivity index (χ1) is 10.8. The number of rotatable bonds is 4. The molecule has 0 radical (unpaired) electrons. The van der Waals surface area contributed by atoms with Crippen LogP contribution in [0.15, 0.2) is 23.2 Å². The summed E-state index contributed by atoms with van der Waals surface area (Å²) in [5, 5.41) is 3.37. The van der Waals surface area contributed by atoms with Crippen LogP contribution in [-0.2, 0) is 6.42 Å². The number of benzene rings is 1. The highest BCUT2D eigenvalue weighted by atomic mass is 127. The van der Waals surface area contributed by atoms with Gasteiger partial charge in [-0.05, 0) is 37.0 Å². The van der Waals surface area contributed by atoms with Crippen molar-refractivity contribution in [1.29, 1.82) is 0 Å². The number of aliphatic imine (C=N–C) groups is 1. The van der Waals surface area contributed by atoms with E-state index in [1.54, 1.807) is 0 Å². The number of nitrogens with zero attached hydrogens (tertiary/aromatic N) is 1. The summed E-state index contributed by atoms with van der Waals surface area (Å²) in [5.74, 6) is 2.22. The molecule has 1 aliphatic carbocycles. The number of hydrogen-bond acceptors (Lipinski definition) is 3. The van der Waals surface area contributed by atoms with E-state index in [2.05, 4.69) is 16.4 Å². The molecular weight excluding hydrogens is 405 g/mol. The molecule has 2 aliphatic rings. The van der Waals surface area contributed by atoms with Crippen LogP contribution < -0.4 is 20.5 Å². The summed E-state index contributed by atoms with van der Waals surface area (Å²) in [6, 6.07) is 6.52. The maximum atomic E-state index is 6.00. The van der Waals surface area contributed by atoms with Gasteiger partial charge in [0.25, 0.3) is 0 Å². The third-order valence-corrected chi connectivity index (χ3v) is 4.33. The number of fused-ring (bicyclic) bond motifs is 1. The molecule has 1 aromatic rings. The van der Waals surface area contributed by atoms with Crippen LogP contribution in [0.4, 0.5) is 0 Å². The summed E-state index contributed by atoms with van der Waals surface area (Å²) in [6.45, 7) is 1.00. The summed E-state index contributed by atoms with van der Waals surface area (Å²) < 4.78 is 10.7. The number of nitrogens with one attached hydrogen (secondary N) is 1. The van der Waals surface area contributed by atoms with E-state index in [-0.39, 0.29) is 24.0 Å². The smallest absolute Gasteiger partial charge is 0.231 e. The Labute approximate surface area is 155 Å². The van der Waals surface area contributed by atoms with Crippen molar-refractivity contribution in [3.63, 3.8) is 0 Å². The molecule has 0 atom stereocenters. The van der Waals surface area contributed by atoms with Crippen molar-refractivity contribution in [3.05, 3.63) is 23.8 Å². The molecule has 0 bridgehead atoms. The lowest BCUT2D eigenvalue weighted by atomic mass is 10.1. The van der Waals surface area contributed by atoms with E-state index in [9.17, 15) is 0 Å². The van der Waals surface area contributed by atoms with Crippen LogP contribution >= 0.6 is 24.0 Å². The van der Waals surface area contributed by atoms with Gasteiger partial charge >= 0.3 is 0 Å². The summed E-state index contributed by atoms with van der Waals surface area (Å²) in [6.07, 6.45) is 8.55. The second-order valence-corrected chi connectivity index (χ2v) is 6.04. The van der Waals surface area contributed by atoms with Gasteiger partial charge in [-0.25, -0.2) is 0 Å². The van der Waals surface area contributed by atoms with E-state index in [0.29, 0.717) is 25.3 Å². The molecule has 3 N–H and O–H groups in total. The first kappa shape index (κ1) is 18.2. The number of hydrogen-bond donors (Lipinski definition) is 2. The number of ether oxygens (including phenoxy) is 2. The van der Waals surface area contributed by atoms with E-state index >= 15 is 0 Å². The quantitative estimate of drug-likeness (QED) is 0.333. The predicted molar refractivity (Wildman–Crippen MR) is 103 cm³/mol. The second kappa shape index (κ2) is 9.20. The molecule has 1 heterocycles. The largest absolute Gasteiger partial charge is 0.454 e. The van der Waals surface area contributed by atoms with Crippen molar-refractivity contribution >= 4 is 29.9 Å². The van der Waals surface area contributed by atoms with E-state index in [0.717, 1.165) is 17.9 Å². The highest BCUT2D eigenvalue weighted by Gasteiger charge is 2.13. The SMILES string of the molecule is I.NC(=NCCc1ccc2c(c1)OCO2)NC1CCCCCC1. The monoisotopic (exact) mass is 431 g/mol. The van der Waals surface area contributed by atoms with Gasteiger partial charge in [-0.2, -0.15) is 0 Å². The summed E-state index contributed by atoms with van der Waals surface area (Å²) in [7, 11) is 0. The molecule has 23 heavy (non-hydrogen) atoms. The van der Waals surface area contributed by atoms with Crippen LogP contribution in [0.1, 0.15) is 44.1 Å². The van der Waals surface area contributed by atoms with Gasteiger partial charge in [-0.3, -0.25) is 4.99 Å². The van der Waals surface area contributed by atoms with E-state index in [4.69, 9.17) is 15.2 Å². The zero-order chi connectivity index (χ0) is 15.2. The molecule has 128 valence electrons. The minimum Gasteiger partial charge on any atom is -0.454 e. The van der Waals surface area contributed by atoms with Crippen LogP contribution in [0.5, 0.6) is 11.5 Å².